The van der Waals surface area contributed by atoms with Crippen LogP contribution < -0.4 is 5.73 Å². The summed E-state index contributed by atoms with van der Waals surface area (Å²) in [5.74, 6) is 0.349. The zero-order chi connectivity index (χ0) is 10.9. The SMILES string of the molecule is NCCCCCCCc1ccc(O)cc1. The molecule has 0 fully saturated rings. The van der Waals surface area contributed by atoms with Crippen LogP contribution in [0.3, 0.4) is 0 Å². The third-order valence-electron chi connectivity index (χ3n) is 2.61. The van der Waals surface area contributed by atoms with Crippen LogP contribution in [0.25, 0.3) is 0 Å². The number of hydrogen-bond acceptors (Lipinski definition) is 2. The number of hydrogen-bond donors (Lipinski definition) is 2. The highest BCUT2D eigenvalue weighted by molar-refractivity contribution is 5.25. The first kappa shape index (κ1) is 12.1. The van der Waals surface area contributed by atoms with Gasteiger partial charge in [-0.15, -0.1) is 0 Å². The standard InChI is InChI=1S/C13H21NO/c14-11-5-3-1-2-4-6-12-7-9-13(15)10-8-12/h7-10,15H,1-6,11,14H2. The van der Waals surface area contributed by atoms with Crippen molar-refractivity contribution in [1.82, 2.24) is 0 Å². The summed E-state index contributed by atoms with van der Waals surface area (Å²) in [6.45, 7) is 0.817. The van der Waals surface area contributed by atoms with Crippen LogP contribution in [0.2, 0.25) is 0 Å². The Labute approximate surface area is 92.1 Å². The highest BCUT2D eigenvalue weighted by Crippen LogP contribution is 2.13. The summed E-state index contributed by atoms with van der Waals surface area (Å²) in [7, 11) is 0. The van der Waals surface area contributed by atoms with Gasteiger partial charge in [0.1, 0.15) is 5.75 Å². The van der Waals surface area contributed by atoms with Crippen LogP contribution in [0.4, 0.5) is 0 Å². The lowest BCUT2D eigenvalue weighted by atomic mass is 10.1. The van der Waals surface area contributed by atoms with Crippen molar-refractivity contribution in [2.24, 2.45) is 5.73 Å². The molecule has 0 heterocycles. The molecule has 0 unspecified atom stereocenters. The molecule has 15 heavy (non-hydrogen) atoms. The van der Waals surface area contributed by atoms with Crippen molar-refractivity contribution < 1.29 is 5.11 Å². The molecule has 0 aromatic heterocycles. The number of phenols is 1. The second-order valence-corrected chi connectivity index (χ2v) is 3.97. The lowest BCUT2D eigenvalue weighted by Gasteiger charge is -2.02. The lowest BCUT2D eigenvalue weighted by molar-refractivity contribution is 0.475. The van der Waals surface area contributed by atoms with Crippen molar-refractivity contribution in [3.05, 3.63) is 29.8 Å². The molecule has 0 saturated carbocycles. The number of phenolic OH excluding ortho intramolecular Hbond substituents is 1. The Bertz CT molecular complexity index is 256. The van der Waals surface area contributed by atoms with Crippen LogP contribution in [0, 0.1) is 0 Å². The summed E-state index contributed by atoms with van der Waals surface area (Å²) >= 11 is 0. The third kappa shape index (κ3) is 5.43. The summed E-state index contributed by atoms with van der Waals surface area (Å²) in [6.07, 6.45) is 7.32. The van der Waals surface area contributed by atoms with Crippen LogP contribution in [-0.4, -0.2) is 11.7 Å². The molecule has 0 amide bonds. The van der Waals surface area contributed by atoms with Gasteiger partial charge in [-0.05, 0) is 43.5 Å². The van der Waals surface area contributed by atoms with Crippen molar-refractivity contribution >= 4 is 0 Å². The van der Waals surface area contributed by atoms with Crippen molar-refractivity contribution in [3.63, 3.8) is 0 Å². The quantitative estimate of drug-likeness (QED) is 0.675. The second kappa shape index (κ2) is 7.30. The number of unbranched alkanes of at least 4 members (excludes halogenated alkanes) is 4. The van der Waals surface area contributed by atoms with Crippen LogP contribution in [-0.2, 0) is 6.42 Å². The minimum atomic E-state index is 0.349. The molecule has 1 rings (SSSR count). The molecule has 1 aromatic carbocycles. The van der Waals surface area contributed by atoms with Gasteiger partial charge in [0, 0.05) is 0 Å². The van der Waals surface area contributed by atoms with E-state index < -0.39 is 0 Å². The second-order valence-electron chi connectivity index (χ2n) is 3.97. The van der Waals surface area contributed by atoms with E-state index in [-0.39, 0.29) is 0 Å². The van der Waals surface area contributed by atoms with Crippen LogP contribution in [0.1, 0.15) is 37.7 Å². The molecular formula is C13H21NO. The molecule has 0 saturated heterocycles. The van der Waals surface area contributed by atoms with E-state index in [1.807, 2.05) is 12.1 Å². The topological polar surface area (TPSA) is 46.2 Å². The Balaban J connectivity index is 2.07. The van der Waals surface area contributed by atoms with Crippen LogP contribution >= 0.6 is 0 Å². The Kier molecular flexibility index (Phi) is 5.86. The minimum Gasteiger partial charge on any atom is -0.508 e. The van der Waals surface area contributed by atoms with E-state index in [9.17, 15) is 0 Å². The van der Waals surface area contributed by atoms with Gasteiger partial charge in [-0.1, -0.05) is 31.4 Å². The Morgan fingerprint density at radius 3 is 2.13 bits per heavy atom. The molecule has 84 valence electrons. The molecule has 1 aromatic rings. The van der Waals surface area contributed by atoms with Gasteiger partial charge in [0.2, 0.25) is 0 Å². The number of rotatable bonds is 7. The maximum absolute atomic E-state index is 9.11. The number of aryl methyl sites for hydroxylation is 1. The smallest absolute Gasteiger partial charge is 0.115 e. The average Bonchev–Trinajstić information content (AvgIpc) is 2.26. The van der Waals surface area contributed by atoms with Crippen molar-refractivity contribution in [1.29, 1.82) is 0 Å². The fraction of sp³-hybridized carbons (Fsp3) is 0.538. The highest BCUT2D eigenvalue weighted by atomic mass is 16.3. The molecule has 0 spiro atoms. The van der Waals surface area contributed by atoms with Crippen molar-refractivity contribution in [2.75, 3.05) is 6.54 Å². The fourth-order valence-corrected chi connectivity index (χ4v) is 1.67. The lowest BCUT2D eigenvalue weighted by Crippen LogP contribution is -1.97. The zero-order valence-electron chi connectivity index (χ0n) is 9.28. The predicted molar refractivity (Wildman–Crippen MR) is 64.0 cm³/mol. The number of benzene rings is 1. The number of nitrogens with two attached hydrogens (primary N) is 1. The predicted octanol–water partition coefficient (Wildman–Crippen LogP) is 2.84. The van der Waals surface area contributed by atoms with Gasteiger partial charge < -0.3 is 10.8 Å². The van der Waals surface area contributed by atoms with Gasteiger partial charge in [-0.2, -0.15) is 0 Å². The first-order chi connectivity index (χ1) is 7.33. The van der Waals surface area contributed by atoms with Crippen molar-refractivity contribution in [3.8, 4) is 5.75 Å². The summed E-state index contributed by atoms with van der Waals surface area (Å²) in [6, 6.07) is 7.50. The Morgan fingerprint density at radius 2 is 1.47 bits per heavy atom. The summed E-state index contributed by atoms with van der Waals surface area (Å²) in [5.41, 5.74) is 6.74. The van der Waals surface area contributed by atoms with Gasteiger partial charge in [0.15, 0.2) is 0 Å². The minimum absolute atomic E-state index is 0.349. The maximum atomic E-state index is 9.11. The van der Waals surface area contributed by atoms with E-state index in [2.05, 4.69) is 0 Å². The largest absolute Gasteiger partial charge is 0.508 e. The summed E-state index contributed by atoms with van der Waals surface area (Å²) in [5, 5.41) is 9.11. The summed E-state index contributed by atoms with van der Waals surface area (Å²) < 4.78 is 0. The van der Waals surface area contributed by atoms with Crippen LogP contribution in [0.5, 0.6) is 5.75 Å². The first-order valence-electron chi connectivity index (χ1n) is 5.81. The Hall–Kier alpha value is -1.02. The molecule has 2 nitrogen and oxygen atoms in total. The normalized spacial score (nSPS) is 10.5. The van der Waals surface area contributed by atoms with Crippen molar-refractivity contribution in [2.45, 2.75) is 38.5 Å². The van der Waals surface area contributed by atoms with E-state index in [0.717, 1.165) is 19.4 Å². The van der Waals surface area contributed by atoms with Gasteiger partial charge in [-0.3, -0.25) is 0 Å². The molecule has 0 aliphatic rings. The Morgan fingerprint density at radius 1 is 0.867 bits per heavy atom. The molecule has 0 atom stereocenters. The fourth-order valence-electron chi connectivity index (χ4n) is 1.67. The molecular weight excluding hydrogens is 186 g/mol. The number of aromatic hydroxyl groups is 1. The van der Waals surface area contributed by atoms with E-state index in [0.29, 0.717) is 5.75 Å². The molecule has 0 aliphatic carbocycles. The molecule has 3 N–H and O–H groups in total. The summed E-state index contributed by atoms with van der Waals surface area (Å²) in [4.78, 5) is 0. The maximum Gasteiger partial charge on any atom is 0.115 e. The molecule has 0 radical (unpaired) electrons. The van der Waals surface area contributed by atoms with E-state index in [1.54, 1.807) is 12.1 Å². The van der Waals surface area contributed by atoms with Gasteiger partial charge in [0.05, 0.1) is 0 Å². The van der Waals surface area contributed by atoms with E-state index in [1.165, 1.54) is 31.2 Å². The highest BCUT2D eigenvalue weighted by Gasteiger charge is 1.94. The molecule has 2 heteroatoms. The van der Waals surface area contributed by atoms with E-state index in [4.69, 9.17) is 10.8 Å². The first-order valence-corrected chi connectivity index (χ1v) is 5.81. The van der Waals surface area contributed by atoms with Gasteiger partial charge in [0.25, 0.3) is 0 Å². The molecule has 0 aliphatic heterocycles. The average molecular weight is 207 g/mol. The van der Waals surface area contributed by atoms with Gasteiger partial charge in [-0.25, -0.2) is 0 Å². The molecule has 0 bridgehead atoms. The van der Waals surface area contributed by atoms with Gasteiger partial charge >= 0.3 is 0 Å². The van der Waals surface area contributed by atoms with E-state index >= 15 is 0 Å². The monoisotopic (exact) mass is 207 g/mol. The zero-order valence-corrected chi connectivity index (χ0v) is 9.28. The van der Waals surface area contributed by atoms with Crippen LogP contribution in [0.15, 0.2) is 24.3 Å². The third-order valence-corrected chi connectivity index (χ3v) is 2.61.